The van der Waals surface area contributed by atoms with Crippen LogP contribution in [-0.4, -0.2) is 39.1 Å². The molecule has 0 bridgehead atoms. The summed E-state index contributed by atoms with van der Waals surface area (Å²) in [5, 5.41) is 29.3. The van der Waals surface area contributed by atoms with Crippen molar-refractivity contribution in [1.29, 1.82) is 0 Å². The van der Waals surface area contributed by atoms with Gasteiger partial charge >= 0.3 is 0 Å². The average molecular weight is 282 g/mol. The third-order valence-corrected chi connectivity index (χ3v) is 5.01. The first kappa shape index (κ1) is 15.2. The molecule has 5 heteroatoms. The molecule has 0 aromatic heterocycles. The van der Waals surface area contributed by atoms with Crippen molar-refractivity contribution in [2.24, 2.45) is 23.7 Å². The van der Waals surface area contributed by atoms with Gasteiger partial charge in [-0.2, -0.15) is 0 Å². The molecule has 0 amide bonds. The second kappa shape index (κ2) is 5.30. The van der Waals surface area contributed by atoms with Crippen molar-refractivity contribution < 1.29 is 24.9 Å². The van der Waals surface area contributed by atoms with Crippen molar-refractivity contribution in [2.75, 3.05) is 0 Å². The van der Waals surface area contributed by atoms with Crippen LogP contribution in [0.15, 0.2) is 11.3 Å². The van der Waals surface area contributed by atoms with Crippen LogP contribution in [0.2, 0.25) is 0 Å². The highest BCUT2D eigenvalue weighted by Crippen LogP contribution is 2.45. The van der Waals surface area contributed by atoms with Gasteiger partial charge in [0, 0.05) is 6.42 Å². The van der Waals surface area contributed by atoms with Crippen molar-refractivity contribution in [3.8, 4) is 0 Å². The lowest BCUT2D eigenvalue weighted by molar-refractivity contribution is -0.143. The van der Waals surface area contributed by atoms with E-state index < -0.39 is 23.9 Å². The topological polar surface area (TPSA) is 94.8 Å². The van der Waals surface area contributed by atoms with Gasteiger partial charge in [-0.15, -0.1) is 0 Å². The van der Waals surface area contributed by atoms with Gasteiger partial charge in [0.1, 0.15) is 5.78 Å². The Kier molecular flexibility index (Phi) is 4.02. The van der Waals surface area contributed by atoms with Crippen LogP contribution in [0.25, 0.3) is 0 Å². The molecule has 1 saturated carbocycles. The number of aliphatic hydroxyl groups is 3. The molecule has 5 nitrogen and oxygen atoms in total. The quantitative estimate of drug-likeness (QED) is 0.657. The van der Waals surface area contributed by atoms with Gasteiger partial charge in [-0.05, 0) is 43.6 Å². The molecule has 6 atom stereocenters. The summed E-state index contributed by atoms with van der Waals surface area (Å²) < 4.78 is 0. The van der Waals surface area contributed by atoms with Gasteiger partial charge < -0.3 is 15.3 Å². The number of Topliss-reactive ketones (excluding diaryl/α,β-unsaturated/α-hetero) is 2. The van der Waals surface area contributed by atoms with Crippen LogP contribution in [0.3, 0.4) is 0 Å². The maximum Gasteiger partial charge on any atom is 0.207 e. The molecule has 2 rings (SSSR count). The molecule has 0 aliphatic heterocycles. The molecule has 2 aliphatic rings. The van der Waals surface area contributed by atoms with Crippen molar-refractivity contribution >= 4 is 11.6 Å². The SMILES string of the molecule is CC1=C(O)C(=O)C2C(=O)CC(C(O)C(C)O)CC2C1C. The lowest BCUT2D eigenvalue weighted by Gasteiger charge is -2.42. The van der Waals surface area contributed by atoms with E-state index in [1.165, 1.54) is 6.92 Å². The highest BCUT2D eigenvalue weighted by molar-refractivity contribution is 6.11. The van der Waals surface area contributed by atoms with Gasteiger partial charge in [-0.25, -0.2) is 0 Å². The Labute approximate surface area is 118 Å². The molecule has 0 spiro atoms. The summed E-state index contributed by atoms with van der Waals surface area (Å²) in [6, 6.07) is 0. The van der Waals surface area contributed by atoms with Crippen LogP contribution >= 0.6 is 0 Å². The summed E-state index contributed by atoms with van der Waals surface area (Å²) in [4.78, 5) is 24.3. The molecule has 20 heavy (non-hydrogen) atoms. The van der Waals surface area contributed by atoms with Gasteiger partial charge in [-0.1, -0.05) is 6.92 Å². The molecule has 1 fully saturated rings. The molecule has 0 aromatic carbocycles. The van der Waals surface area contributed by atoms with Crippen LogP contribution in [-0.2, 0) is 9.59 Å². The fourth-order valence-corrected chi connectivity index (χ4v) is 3.56. The highest BCUT2D eigenvalue weighted by atomic mass is 16.3. The standard InChI is InChI=1S/C15H22O5/c1-6-7(2)13(18)15(20)12-10(6)4-9(5-11(12)17)14(19)8(3)16/h6,8-10,12,14,16,18-19H,4-5H2,1-3H3. The zero-order valence-corrected chi connectivity index (χ0v) is 12.0. The fraction of sp³-hybridized carbons (Fsp3) is 0.733. The Balaban J connectivity index is 2.31. The number of fused-ring (bicyclic) bond motifs is 1. The molecule has 0 heterocycles. The molecule has 0 saturated heterocycles. The summed E-state index contributed by atoms with van der Waals surface area (Å²) in [6.07, 6.45) is -1.26. The van der Waals surface area contributed by atoms with E-state index in [9.17, 15) is 24.9 Å². The van der Waals surface area contributed by atoms with Crippen LogP contribution in [0.1, 0.15) is 33.6 Å². The zero-order valence-electron chi connectivity index (χ0n) is 12.0. The third kappa shape index (κ3) is 2.29. The van der Waals surface area contributed by atoms with E-state index in [1.54, 1.807) is 6.92 Å². The monoisotopic (exact) mass is 282 g/mol. The van der Waals surface area contributed by atoms with E-state index in [0.717, 1.165) is 0 Å². The van der Waals surface area contributed by atoms with Gasteiger partial charge in [0.05, 0.1) is 18.1 Å². The second-order valence-electron chi connectivity index (χ2n) is 6.22. The van der Waals surface area contributed by atoms with Gasteiger partial charge in [0.15, 0.2) is 5.76 Å². The largest absolute Gasteiger partial charge is 0.504 e. The predicted octanol–water partition coefficient (Wildman–Crippen LogP) is 0.990. The van der Waals surface area contributed by atoms with Crippen LogP contribution in [0.5, 0.6) is 0 Å². The average Bonchev–Trinajstić information content (AvgIpc) is 2.40. The van der Waals surface area contributed by atoms with Gasteiger partial charge in [0.25, 0.3) is 0 Å². The Hall–Kier alpha value is -1.20. The predicted molar refractivity (Wildman–Crippen MR) is 71.9 cm³/mol. The lowest BCUT2D eigenvalue weighted by Crippen LogP contribution is -2.48. The minimum Gasteiger partial charge on any atom is -0.504 e. The van der Waals surface area contributed by atoms with Crippen molar-refractivity contribution in [3.63, 3.8) is 0 Å². The maximum absolute atomic E-state index is 12.2. The van der Waals surface area contributed by atoms with Crippen LogP contribution in [0, 0.1) is 23.7 Å². The minimum atomic E-state index is -0.956. The molecule has 2 aliphatic carbocycles. The molecular formula is C15H22O5. The molecule has 0 aromatic rings. The highest BCUT2D eigenvalue weighted by Gasteiger charge is 2.49. The van der Waals surface area contributed by atoms with E-state index in [4.69, 9.17) is 0 Å². The van der Waals surface area contributed by atoms with Gasteiger partial charge in [-0.3, -0.25) is 9.59 Å². The summed E-state index contributed by atoms with van der Waals surface area (Å²) in [6.45, 7) is 5.08. The summed E-state index contributed by atoms with van der Waals surface area (Å²) >= 11 is 0. The van der Waals surface area contributed by atoms with E-state index >= 15 is 0 Å². The van der Waals surface area contributed by atoms with E-state index in [0.29, 0.717) is 12.0 Å². The fourth-order valence-electron chi connectivity index (χ4n) is 3.56. The molecular weight excluding hydrogens is 260 g/mol. The van der Waals surface area contributed by atoms with E-state index in [1.807, 2.05) is 6.92 Å². The number of carbonyl (C=O) groups excluding carboxylic acids is 2. The molecule has 112 valence electrons. The number of carbonyl (C=O) groups is 2. The van der Waals surface area contributed by atoms with Gasteiger partial charge in [0.2, 0.25) is 5.78 Å². The maximum atomic E-state index is 12.2. The van der Waals surface area contributed by atoms with Crippen molar-refractivity contribution in [1.82, 2.24) is 0 Å². The first-order valence-corrected chi connectivity index (χ1v) is 7.08. The van der Waals surface area contributed by atoms with Crippen molar-refractivity contribution in [2.45, 2.75) is 45.8 Å². The smallest absolute Gasteiger partial charge is 0.207 e. The number of ketones is 2. The number of aliphatic hydroxyl groups excluding tert-OH is 3. The summed E-state index contributed by atoms with van der Waals surface area (Å²) in [7, 11) is 0. The Morgan fingerprint density at radius 1 is 1.25 bits per heavy atom. The minimum absolute atomic E-state index is 0.0781. The summed E-state index contributed by atoms with van der Waals surface area (Å²) in [5.74, 6) is -2.38. The Bertz CT molecular complexity index is 465. The normalized spacial score (nSPS) is 37.6. The Morgan fingerprint density at radius 3 is 2.40 bits per heavy atom. The van der Waals surface area contributed by atoms with E-state index in [2.05, 4.69) is 0 Å². The van der Waals surface area contributed by atoms with Crippen LogP contribution < -0.4 is 0 Å². The number of hydrogen-bond acceptors (Lipinski definition) is 5. The van der Waals surface area contributed by atoms with Crippen molar-refractivity contribution in [3.05, 3.63) is 11.3 Å². The molecule has 6 unspecified atom stereocenters. The number of rotatable bonds is 2. The zero-order chi connectivity index (χ0) is 15.2. The van der Waals surface area contributed by atoms with Crippen LogP contribution in [0.4, 0.5) is 0 Å². The first-order chi connectivity index (χ1) is 9.25. The number of allylic oxidation sites excluding steroid dienone is 2. The first-order valence-electron chi connectivity index (χ1n) is 7.08. The Morgan fingerprint density at radius 2 is 1.85 bits per heavy atom. The second-order valence-corrected chi connectivity index (χ2v) is 6.22. The number of hydrogen-bond donors (Lipinski definition) is 3. The summed E-state index contributed by atoms with van der Waals surface area (Å²) in [5.41, 5.74) is 0.608. The molecule has 0 radical (unpaired) electrons. The lowest BCUT2D eigenvalue weighted by atomic mass is 9.61. The van der Waals surface area contributed by atoms with E-state index in [-0.39, 0.29) is 35.7 Å². The molecule has 3 N–H and O–H groups in total. The third-order valence-electron chi connectivity index (χ3n) is 5.01.